The monoisotopic (exact) mass is 495 g/mol. The summed E-state index contributed by atoms with van der Waals surface area (Å²) in [5.74, 6) is 0.747. The summed E-state index contributed by atoms with van der Waals surface area (Å²) in [6.07, 6.45) is 36.3. The highest BCUT2D eigenvalue weighted by atomic mass is 16.5. The molecule has 0 N–H and O–H groups in total. The van der Waals surface area contributed by atoms with Crippen LogP contribution in [0.5, 0.6) is 0 Å². The summed E-state index contributed by atoms with van der Waals surface area (Å²) < 4.78 is 5.49. The Kier molecular flexibility index (Phi) is 29.2. The van der Waals surface area contributed by atoms with Crippen LogP contribution in [-0.4, -0.2) is 12.6 Å². The lowest BCUT2D eigenvalue weighted by Crippen LogP contribution is -2.10. The van der Waals surface area contributed by atoms with Crippen molar-refractivity contribution >= 4 is 5.97 Å². The van der Waals surface area contributed by atoms with Gasteiger partial charge in [0.1, 0.15) is 0 Å². The van der Waals surface area contributed by atoms with E-state index in [9.17, 15) is 4.79 Å². The van der Waals surface area contributed by atoms with E-state index in [0.717, 1.165) is 18.8 Å². The van der Waals surface area contributed by atoms with Gasteiger partial charge in [-0.1, -0.05) is 175 Å². The van der Waals surface area contributed by atoms with Crippen molar-refractivity contribution in [3.05, 3.63) is 0 Å². The Labute approximate surface area is 222 Å². The predicted molar refractivity (Wildman–Crippen MR) is 156 cm³/mol. The van der Waals surface area contributed by atoms with Crippen molar-refractivity contribution in [1.29, 1.82) is 0 Å². The van der Waals surface area contributed by atoms with Crippen LogP contribution in [0, 0.1) is 5.92 Å². The molecule has 2 nitrogen and oxygen atoms in total. The van der Waals surface area contributed by atoms with Gasteiger partial charge in [0.25, 0.3) is 0 Å². The zero-order valence-electron chi connectivity index (χ0n) is 24.7. The molecule has 1 unspecified atom stereocenters. The predicted octanol–water partition coefficient (Wildman–Crippen LogP) is 11.7. The van der Waals surface area contributed by atoms with Crippen molar-refractivity contribution in [3.8, 4) is 0 Å². The Morgan fingerprint density at radius 1 is 0.457 bits per heavy atom. The third-order valence-electron chi connectivity index (χ3n) is 7.68. The molecular weight excluding hydrogens is 428 g/mol. The third-order valence-corrected chi connectivity index (χ3v) is 7.68. The van der Waals surface area contributed by atoms with Gasteiger partial charge >= 0.3 is 5.97 Å². The average molecular weight is 495 g/mol. The lowest BCUT2D eigenvalue weighted by atomic mass is 9.91. The molecule has 0 radical (unpaired) electrons. The van der Waals surface area contributed by atoms with Crippen LogP contribution < -0.4 is 0 Å². The van der Waals surface area contributed by atoms with E-state index in [2.05, 4.69) is 13.8 Å². The van der Waals surface area contributed by atoms with E-state index in [-0.39, 0.29) is 5.97 Å². The van der Waals surface area contributed by atoms with Crippen LogP contribution in [0.4, 0.5) is 0 Å². The Morgan fingerprint density at radius 3 is 1.14 bits per heavy atom. The maximum absolute atomic E-state index is 11.7. The van der Waals surface area contributed by atoms with Crippen molar-refractivity contribution in [2.75, 3.05) is 6.61 Å². The number of unbranched alkanes of at least 4 members (excludes halogenated alkanes) is 20. The zero-order valence-corrected chi connectivity index (χ0v) is 24.7. The van der Waals surface area contributed by atoms with Gasteiger partial charge in [0.2, 0.25) is 0 Å². The van der Waals surface area contributed by atoms with Crippen LogP contribution in [0.15, 0.2) is 0 Å². The molecule has 0 rings (SSSR count). The first-order valence-corrected chi connectivity index (χ1v) is 16.4. The van der Waals surface area contributed by atoms with E-state index in [1.807, 2.05) is 6.92 Å². The molecule has 1 atom stereocenters. The molecule has 0 aliphatic carbocycles. The summed E-state index contributed by atoms with van der Waals surface area (Å²) in [6.45, 7) is 7.27. The van der Waals surface area contributed by atoms with Crippen molar-refractivity contribution < 1.29 is 9.53 Å². The molecule has 0 saturated heterocycles. The number of hydrogen-bond donors (Lipinski definition) is 0. The van der Waals surface area contributed by atoms with Gasteiger partial charge in [-0.3, -0.25) is 4.79 Å². The lowest BCUT2D eigenvalue weighted by molar-refractivity contribution is -0.144. The highest BCUT2D eigenvalue weighted by molar-refractivity contribution is 5.69. The molecule has 0 amide bonds. The summed E-state index contributed by atoms with van der Waals surface area (Å²) in [5, 5.41) is 0. The van der Waals surface area contributed by atoms with Gasteiger partial charge in [-0.15, -0.1) is 0 Å². The lowest BCUT2D eigenvalue weighted by Gasteiger charge is -2.17. The van der Waals surface area contributed by atoms with E-state index in [4.69, 9.17) is 4.74 Å². The molecule has 0 fully saturated rings. The zero-order chi connectivity index (χ0) is 25.7. The second-order valence-corrected chi connectivity index (χ2v) is 11.3. The van der Waals surface area contributed by atoms with E-state index in [0.29, 0.717) is 13.0 Å². The quantitative estimate of drug-likeness (QED) is 0.0763. The molecule has 210 valence electrons. The SMILES string of the molecule is CCCCCCCCCCCCCCC(CCCCCCCCCCCC)CCOC(=O)CCC. The summed E-state index contributed by atoms with van der Waals surface area (Å²) in [7, 11) is 0. The van der Waals surface area contributed by atoms with Gasteiger partial charge < -0.3 is 4.74 Å². The summed E-state index contributed by atoms with van der Waals surface area (Å²) >= 11 is 0. The van der Waals surface area contributed by atoms with Crippen LogP contribution in [0.3, 0.4) is 0 Å². The fourth-order valence-electron chi connectivity index (χ4n) is 5.24. The first kappa shape index (κ1) is 34.5. The minimum Gasteiger partial charge on any atom is -0.466 e. The Hall–Kier alpha value is -0.530. The molecule has 0 bridgehead atoms. The maximum atomic E-state index is 11.7. The number of carbonyl (C=O) groups excluding carboxylic acids is 1. The fourth-order valence-corrected chi connectivity index (χ4v) is 5.24. The van der Waals surface area contributed by atoms with Gasteiger partial charge in [0, 0.05) is 6.42 Å². The first-order chi connectivity index (χ1) is 17.2. The standard InChI is InChI=1S/C33H66O2/c1-4-7-9-11-13-15-17-18-20-22-24-26-29-32(30-31-35-33(34)27-6-3)28-25-23-21-19-16-14-12-10-8-5-2/h32H,4-31H2,1-3H3. The molecule has 0 aliphatic heterocycles. The largest absolute Gasteiger partial charge is 0.466 e. The molecule has 2 heteroatoms. The normalized spacial score (nSPS) is 12.2. The molecule has 0 aromatic heterocycles. The van der Waals surface area contributed by atoms with Crippen LogP contribution in [0.25, 0.3) is 0 Å². The molecule has 0 aromatic rings. The molecule has 0 spiro atoms. The molecule has 0 aromatic carbocycles. The molecular formula is C33H66O2. The summed E-state index contributed by atoms with van der Waals surface area (Å²) in [6, 6.07) is 0. The van der Waals surface area contributed by atoms with E-state index in [1.165, 1.54) is 154 Å². The Balaban J connectivity index is 3.84. The number of carbonyl (C=O) groups is 1. The van der Waals surface area contributed by atoms with Gasteiger partial charge in [0.15, 0.2) is 0 Å². The van der Waals surface area contributed by atoms with Crippen molar-refractivity contribution in [3.63, 3.8) is 0 Å². The van der Waals surface area contributed by atoms with Gasteiger partial charge in [-0.05, 0) is 18.8 Å². The topological polar surface area (TPSA) is 26.3 Å². The second kappa shape index (κ2) is 29.7. The van der Waals surface area contributed by atoms with Crippen molar-refractivity contribution in [1.82, 2.24) is 0 Å². The maximum Gasteiger partial charge on any atom is 0.305 e. The number of ether oxygens (including phenoxy) is 1. The molecule has 0 heterocycles. The number of hydrogen-bond acceptors (Lipinski definition) is 2. The second-order valence-electron chi connectivity index (χ2n) is 11.3. The van der Waals surface area contributed by atoms with Gasteiger partial charge in [0.05, 0.1) is 6.61 Å². The van der Waals surface area contributed by atoms with E-state index >= 15 is 0 Å². The average Bonchev–Trinajstić information content (AvgIpc) is 2.85. The number of rotatable bonds is 29. The highest BCUT2D eigenvalue weighted by Crippen LogP contribution is 2.23. The first-order valence-electron chi connectivity index (χ1n) is 16.4. The van der Waals surface area contributed by atoms with Crippen LogP contribution in [0.2, 0.25) is 0 Å². The van der Waals surface area contributed by atoms with Crippen molar-refractivity contribution in [2.45, 2.75) is 194 Å². The van der Waals surface area contributed by atoms with Crippen LogP contribution in [-0.2, 0) is 9.53 Å². The van der Waals surface area contributed by atoms with Gasteiger partial charge in [-0.25, -0.2) is 0 Å². The third kappa shape index (κ3) is 27.9. The van der Waals surface area contributed by atoms with E-state index in [1.54, 1.807) is 0 Å². The Bertz CT molecular complexity index is 406. The molecule has 0 saturated carbocycles. The summed E-state index contributed by atoms with van der Waals surface area (Å²) in [4.78, 5) is 11.7. The fraction of sp³-hybridized carbons (Fsp3) is 0.970. The molecule has 35 heavy (non-hydrogen) atoms. The minimum atomic E-state index is -0.00412. The van der Waals surface area contributed by atoms with Crippen LogP contribution >= 0.6 is 0 Å². The molecule has 0 aliphatic rings. The van der Waals surface area contributed by atoms with Crippen LogP contribution in [0.1, 0.15) is 194 Å². The smallest absolute Gasteiger partial charge is 0.305 e. The minimum absolute atomic E-state index is 0.00412. The number of esters is 1. The van der Waals surface area contributed by atoms with Gasteiger partial charge in [-0.2, -0.15) is 0 Å². The summed E-state index contributed by atoms with van der Waals surface area (Å²) in [5.41, 5.74) is 0. The van der Waals surface area contributed by atoms with E-state index < -0.39 is 0 Å². The highest BCUT2D eigenvalue weighted by Gasteiger charge is 2.10. The van der Waals surface area contributed by atoms with Crippen molar-refractivity contribution in [2.24, 2.45) is 5.92 Å². The Morgan fingerprint density at radius 2 is 0.800 bits per heavy atom.